The third kappa shape index (κ3) is 4.28. The highest BCUT2D eigenvalue weighted by Gasteiger charge is 2.18. The van der Waals surface area contributed by atoms with E-state index in [9.17, 15) is 4.79 Å². The molecule has 1 aromatic carbocycles. The quantitative estimate of drug-likeness (QED) is 0.548. The van der Waals surface area contributed by atoms with E-state index in [2.05, 4.69) is 21.6 Å². The van der Waals surface area contributed by atoms with Gasteiger partial charge in [0.2, 0.25) is 0 Å². The van der Waals surface area contributed by atoms with Crippen molar-refractivity contribution in [2.45, 2.75) is 26.3 Å². The van der Waals surface area contributed by atoms with E-state index in [1.807, 2.05) is 19.1 Å². The molecule has 1 fully saturated rings. The summed E-state index contributed by atoms with van der Waals surface area (Å²) in [7, 11) is 1.70. The van der Waals surface area contributed by atoms with Crippen molar-refractivity contribution in [3.63, 3.8) is 0 Å². The van der Waals surface area contributed by atoms with Crippen molar-refractivity contribution < 1.29 is 14.4 Å². The molecule has 25 heavy (non-hydrogen) atoms. The van der Waals surface area contributed by atoms with Gasteiger partial charge in [-0.3, -0.25) is 4.79 Å². The number of benzene rings is 1. The summed E-state index contributed by atoms with van der Waals surface area (Å²) in [6.07, 6.45) is 4.30. The number of likely N-dealkylation sites (tertiary alicyclic amines) is 1. The first kappa shape index (κ1) is 17.2. The third-order valence-electron chi connectivity index (χ3n) is 4.62. The van der Waals surface area contributed by atoms with Gasteiger partial charge in [-0.2, -0.15) is 5.10 Å². The molecule has 3 N–H and O–H groups in total. The van der Waals surface area contributed by atoms with E-state index in [1.54, 1.807) is 30.3 Å². The van der Waals surface area contributed by atoms with E-state index < -0.39 is 0 Å². The highest BCUT2D eigenvalue weighted by atomic mass is 16.5. The fraction of sp³-hybridized carbons (Fsp3) is 0.368. The number of aromatic amines is 1. The number of nitrogens with zero attached hydrogens (tertiary/aromatic N) is 1. The van der Waals surface area contributed by atoms with Crippen LogP contribution in [0.3, 0.4) is 0 Å². The molecule has 0 saturated carbocycles. The lowest BCUT2D eigenvalue weighted by atomic mass is 10.1. The Hall–Kier alpha value is -2.60. The first-order valence-corrected chi connectivity index (χ1v) is 8.66. The molecule has 6 heteroatoms. The van der Waals surface area contributed by atoms with Gasteiger partial charge in [-0.05, 0) is 42.8 Å². The van der Waals surface area contributed by atoms with Crippen LogP contribution in [0.15, 0.2) is 41.6 Å². The van der Waals surface area contributed by atoms with E-state index >= 15 is 0 Å². The maximum atomic E-state index is 12.0. The maximum absolute atomic E-state index is 12.0. The van der Waals surface area contributed by atoms with Crippen molar-refractivity contribution in [1.29, 1.82) is 0 Å². The molecular weight excluding hydrogens is 316 g/mol. The number of carbonyl (C=O) groups is 1. The number of methoxy groups -OCH3 is 1. The molecule has 1 aliphatic heterocycles. The second kappa shape index (κ2) is 7.98. The number of quaternary nitrogens is 1. The Labute approximate surface area is 147 Å². The Morgan fingerprint density at radius 3 is 2.80 bits per heavy atom. The van der Waals surface area contributed by atoms with Crippen LogP contribution < -0.4 is 15.1 Å². The van der Waals surface area contributed by atoms with Gasteiger partial charge < -0.3 is 14.6 Å². The summed E-state index contributed by atoms with van der Waals surface area (Å²) < 4.78 is 5.51. The molecule has 1 aliphatic rings. The predicted octanol–water partition coefficient (Wildman–Crippen LogP) is 1.36. The zero-order chi connectivity index (χ0) is 17.6. The molecular formula is C19H25N4O2+. The number of ether oxygens (including phenoxy) is 1. The zero-order valence-corrected chi connectivity index (χ0v) is 14.8. The molecule has 1 saturated heterocycles. The smallest absolute Gasteiger partial charge is 0.287 e. The molecule has 2 heterocycles. The number of carbonyl (C=O) groups excluding carboxylic acids is 1. The van der Waals surface area contributed by atoms with E-state index in [0.29, 0.717) is 5.69 Å². The number of hydrogen-bond donors (Lipinski definition) is 3. The number of nitrogens with one attached hydrogen (secondary N) is 3. The highest BCUT2D eigenvalue weighted by Crippen LogP contribution is 2.20. The fourth-order valence-electron chi connectivity index (χ4n) is 3.19. The highest BCUT2D eigenvalue weighted by molar-refractivity contribution is 6.00. The Morgan fingerprint density at radius 1 is 1.32 bits per heavy atom. The molecule has 1 aromatic heterocycles. The second-order valence-electron chi connectivity index (χ2n) is 6.38. The topological polar surface area (TPSA) is 70.9 Å². The Kier molecular flexibility index (Phi) is 5.50. The van der Waals surface area contributed by atoms with Gasteiger partial charge in [0.05, 0.1) is 25.9 Å². The number of rotatable bonds is 6. The first-order chi connectivity index (χ1) is 12.2. The van der Waals surface area contributed by atoms with Crippen molar-refractivity contribution >= 4 is 11.6 Å². The molecule has 0 unspecified atom stereocenters. The van der Waals surface area contributed by atoms with Crippen LogP contribution in [-0.2, 0) is 6.54 Å². The molecule has 2 aromatic rings. The number of H-pyrrole nitrogens is 1. The van der Waals surface area contributed by atoms with Gasteiger partial charge in [0.15, 0.2) is 0 Å². The number of amides is 1. The molecule has 1 amide bonds. The van der Waals surface area contributed by atoms with Gasteiger partial charge in [-0.15, -0.1) is 0 Å². The largest absolute Gasteiger partial charge is 0.496 e. The lowest BCUT2D eigenvalue weighted by Gasteiger charge is -2.15. The Bertz CT molecular complexity index is 747. The summed E-state index contributed by atoms with van der Waals surface area (Å²) in [6, 6.07) is 9.56. The predicted molar refractivity (Wildman–Crippen MR) is 97.1 cm³/mol. The number of aromatic nitrogens is 1. The molecule has 0 spiro atoms. The molecule has 0 radical (unpaired) electrons. The normalized spacial score (nSPS) is 15.4. The average molecular weight is 341 g/mol. The minimum absolute atomic E-state index is 0.250. The van der Waals surface area contributed by atoms with Crippen LogP contribution in [-0.4, -0.2) is 36.8 Å². The van der Waals surface area contributed by atoms with E-state index in [-0.39, 0.29) is 5.91 Å². The lowest BCUT2D eigenvalue weighted by molar-refractivity contribution is -0.901. The molecule has 3 rings (SSSR count). The van der Waals surface area contributed by atoms with Crippen LogP contribution in [0.1, 0.15) is 41.4 Å². The minimum Gasteiger partial charge on any atom is -0.496 e. The second-order valence-corrected chi connectivity index (χ2v) is 6.38. The summed E-state index contributed by atoms with van der Waals surface area (Å²) in [5, 5.41) is 4.23. The lowest BCUT2D eigenvalue weighted by Crippen LogP contribution is -3.08. The standard InChI is InChI=1S/C19H24N4O2/c1-14(21-22-19(24)17-6-5-9-20-17)15-7-8-18(25-2)16(12-15)13-23-10-3-4-11-23/h5-9,12,20H,3-4,10-11,13H2,1-2H3,(H,22,24)/p+1/b21-14-. The van der Waals surface area contributed by atoms with Crippen molar-refractivity contribution in [2.75, 3.05) is 20.2 Å². The van der Waals surface area contributed by atoms with Crippen molar-refractivity contribution in [3.05, 3.63) is 53.3 Å². The van der Waals surface area contributed by atoms with Crippen molar-refractivity contribution in [2.24, 2.45) is 5.10 Å². The van der Waals surface area contributed by atoms with E-state index in [1.165, 1.54) is 31.5 Å². The third-order valence-corrected chi connectivity index (χ3v) is 4.62. The summed E-state index contributed by atoms with van der Waals surface area (Å²) in [5.41, 5.74) is 6.01. The van der Waals surface area contributed by atoms with Gasteiger partial charge in [0.1, 0.15) is 18.0 Å². The Balaban J connectivity index is 1.73. The van der Waals surface area contributed by atoms with Crippen LogP contribution in [0.25, 0.3) is 0 Å². The molecule has 0 atom stereocenters. The van der Waals surface area contributed by atoms with Crippen molar-refractivity contribution in [1.82, 2.24) is 10.4 Å². The molecule has 132 valence electrons. The molecule has 0 aliphatic carbocycles. The SMILES string of the molecule is COc1ccc(/C(C)=N\NC(=O)c2ccc[nH]2)cc1C[NH+]1CCCC1. The molecule has 0 bridgehead atoms. The van der Waals surface area contributed by atoms with Crippen LogP contribution in [0.4, 0.5) is 0 Å². The summed E-state index contributed by atoms with van der Waals surface area (Å²) >= 11 is 0. The number of hydrogen-bond acceptors (Lipinski definition) is 3. The van der Waals surface area contributed by atoms with Gasteiger partial charge in [0, 0.05) is 24.6 Å². The summed E-state index contributed by atoms with van der Waals surface area (Å²) in [6.45, 7) is 5.28. The van der Waals surface area contributed by atoms with Gasteiger partial charge in [0.25, 0.3) is 5.91 Å². The molecule has 6 nitrogen and oxygen atoms in total. The maximum Gasteiger partial charge on any atom is 0.287 e. The van der Waals surface area contributed by atoms with Crippen LogP contribution in [0.2, 0.25) is 0 Å². The minimum atomic E-state index is -0.250. The first-order valence-electron chi connectivity index (χ1n) is 8.66. The van der Waals surface area contributed by atoms with Crippen LogP contribution >= 0.6 is 0 Å². The Morgan fingerprint density at radius 2 is 2.12 bits per heavy atom. The van der Waals surface area contributed by atoms with Gasteiger partial charge >= 0.3 is 0 Å². The summed E-state index contributed by atoms with van der Waals surface area (Å²) in [4.78, 5) is 16.4. The monoisotopic (exact) mass is 341 g/mol. The zero-order valence-electron chi connectivity index (χ0n) is 14.8. The van der Waals surface area contributed by atoms with E-state index in [4.69, 9.17) is 4.74 Å². The van der Waals surface area contributed by atoms with Crippen LogP contribution in [0.5, 0.6) is 5.75 Å². The summed E-state index contributed by atoms with van der Waals surface area (Å²) in [5.74, 6) is 0.658. The fourth-order valence-corrected chi connectivity index (χ4v) is 3.19. The van der Waals surface area contributed by atoms with Crippen LogP contribution in [0, 0.1) is 0 Å². The van der Waals surface area contributed by atoms with E-state index in [0.717, 1.165) is 23.6 Å². The number of hydrazone groups is 1. The van der Waals surface area contributed by atoms with Crippen molar-refractivity contribution in [3.8, 4) is 5.75 Å². The average Bonchev–Trinajstić information content (AvgIpc) is 3.33. The van der Waals surface area contributed by atoms with Gasteiger partial charge in [-0.25, -0.2) is 5.43 Å². The van der Waals surface area contributed by atoms with Gasteiger partial charge in [-0.1, -0.05) is 0 Å².